The van der Waals surface area contributed by atoms with Crippen LogP contribution in [0.2, 0.25) is 0 Å². The summed E-state index contributed by atoms with van der Waals surface area (Å²) in [5.41, 5.74) is -0.522. The molecule has 0 unspecified atom stereocenters. The van der Waals surface area contributed by atoms with Gasteiger partial charge in [0.25, 0.3) is 0 Å². The van der Waals surface area contributed by atoms with Gasteiger partial charge in [-0.15, -0.1) is 0 Å². The van der Waals surface area contributed by atoms with Crippen molar-refractivity contribution in [2.24, 2.45) is 0 Å². The number of alkyl halides is 3. The highest BCUT2D eigenvalue weighted by Crippen LogP contribution is 2.32. The number of methoxy groups -OCH3 is 1. The normalized spacial score (nSPS) is 13.2. The topological polar surface area (TPSA) is 37.9 Å². The van der Waals surface area contributed by atoms with Crippen molar-refractivity contribution in [3.05, 3.63) is 29.6 Å². The highest BCUT2D eigenvalue weighted by molar-refractivity contribution is 5.76. The highest BCUT2D eigenvalue weighted by Gasteiger charge is 2.31. The average Bonchev–Trinajstić information content (AvgIpc) is 2.71. The molecule has 0 aliphatic rings. The van der Waals surface area contributed by atoms with Crippen molar-refractivity contribution in [2.75, 3.05) is 7.11 Å². The van der Waals surface area contributed by atoms with E-state index in [1.165, 1.54) is 13.2 Å². The molecule has 6 heteroatoms. The third-order valence-electron chi connectivity index (χ3n) is 2.89. The summed E-state index contributed by atoms with van der Waals surface area (Å²) in [7, 11) is 1.52. The van der Waals surface area contributed by atoms with Crippen LogP contribution in [0.4, 0.5) is 13.2 Å². The smallest absolute Gasteiger partial charge is 0.371 e. The van der Waals surface area contributed by atoms with Crippen LogP contribution in [-0.2, 0) is 16.5 Å². The summed E-state index contributed by atoms with van der Waals surface area (Å²) >= 11 is 0. The lowest BCUT2D eigenvalue weighted by Crippen LogP contribution is -2.21. The Balaban J connectivity index is 2.53. The van der Waals surface area contributed by atoms with Gasteiger partial charge in [0, 0.05) is 7.11 Å². The van der Waals surface area contributed by atoms with Crippen molar-refractivity contribution < 1.29 is 17.9 Å². The van der Waals surface area contributed by atoms with Gasteiger partial charge >= 0.3 is 6.18 Å². The minimum absolute atomic E-state index is 0.352. The summed E-state index contributed by atoms with van der Waals surface area (Å²) in [4.78, 5) is 7.09. The first-order valence-electron chi connectivity index (χ1n) is 5.36. The molecule has 1 heterocycles. The molecule has 3 nitrogen and oxygen atoms in total. The van der Waals surface area contributed by atoms with E-state index in [2.05, 4.69) is 9.97 Å². The Morgan fingerprint density at radius 3 is 2.44 bits per heavy atom. The third-order valence-corrected chi connectivity index (χ3v) is 2.89. The lowest BCUT2D eigenvalue weighted by molar-refractivity contribution is -0.137. The maximum Gasteiger partial charge on any atom is 0.416 e. The second-order valence-corrected chi connectivity index (χ2v) is 4.53. The van der Waals surface area contributed by atoms with Crippen molar-refractivity contribution in [3.8, 4) is 0 Å². The van der Waals surface area contributed by atoms with Crippen LogP contribution >= 0.6 is 0 Å². The minimum atomic E-state index is -4.35. The van der Waals surface area contributed by atoms with E-state index >= 15 is 0 Å². The fourth-order valence-electron chi connectivity index (χ4n) is 1.57. The van der Waals surface area contributed by atoms with E-state index in [0.717, 1.165) is 12.1 Å². The number of aromatic nitrogens is 2. The number of hydrogen-bond acceptors (Lipinski definition) is 2. The van der Waals surface area contributed by atoms with Gasteiger partial charge in [-0.25, -0.2) is 4.98 Å². The summed E-state index contributed by atoms with van der Waals surface area (Å²) in [5, 5.41) is 0. The summed E-state index contributed by atoms with van der Waals surface area (Å²) in [5.74, 6) is 0.499. The van der Waals surface area contributed by atoms with E-state index in [0.29, 0.717) is 16.9 Å². The second-order valence-electron chi connectivity index (χ2n) is 4.53. The quantitative estimate of drug-likeness (QED) is 0.895. The van der Waals surface area contributed by atoms with Gasteiger partial charge in [-0.05, 0) is 32.0 Å². The minimum Gasteiger partial charge on any atom is -0.371 e. The Labute approximate surface area is 102 Å². The molecule has 0 atom stereocenters. The molecule has 98 valence electrons. The Hall–Kier alpha value is -1.56. The number of H-pyrrole nitrogens is 1. The number of imidazole rings is 1. The first-order chi connectivity index (χ1) is 8.24. The summed E-state index contributed by atoms with van der Waals surface area (Å²) in [6.45, 7) is 3.57. The van der Waals surface area contributed by atoms with Crippen molar-refractivity contribution in [3.63, 3.8) is 0 Å². The molecule has 0 aliphatic heterocycles. The van der Waals surface area contributed by atoms with E-state index in [9.17, 15) is 13.2 Å². The van der Waals surface area contributed by atoms with Crippen LogP contribution in [0.1, 0.15) is 25.2 Å². The van der Waals surface area contributed by atoms with Crippen molar-refractivity contribution in [1.29, 1.82) is 0 Å². The van der Waals surface area contributed by atoms with Gasteiger partial charge in [-0.1, -0.05) is 0 Å². The fourth-order valence-corrected chi connectivity index (χ4v) is 1.57. The molecular formula is C12H13F3N2O. The molecule has 0 amide bonds. The first kappa shape index (κ1) is 12.9. The number of fused-ring (bicyclic) bond motifs is 1. The monoisotopic (exact) mass is 258 g/mol. The lowest BCUT2D eigenvalue weighted by Gasteiger charge is -2.19. The molecule has 2 aromatic rings. The van der Waals surface area contributed by atoms with Gasteiger partial charge in [0.1, 0.15) is 11.4 Å². The molecule has 0 fully saturated rings. The molecule has 0 saturated heterocycles. The van der Waals surface area contributed by atoms with E-state index in [-0.39, 0.29) is 0 Å². The molecule has 2 rings (SSSR count). The molecule has 0 saturated carbocycles. The third kappa shape index (κ3) is 2.20. The predicted molar refractivity (Wildman–Crippen MR) is 61.1 cm³/mol. The van der Waals surface area contributed by atoms with Gasteiger partial charge in [0.15, 0.2) is 0 Å². The Kier molecular flexibility index (Phi) is 2.85. The number of rotatable bonds is 2. The van der Waals surface area contributed by atoms with Gasteiger partial charge < -0.3 is 9.72 Å². The summed E-state index contributed by atoms with van der Waals surface area (Å²) < 4.78 is 42.9. The van der Waals surface area contributed by atoms with Crippen LogP contribution in [0.5, 0.6) is 0 Å². The summed E-state index contributed by atoms with van der Waals surface area (Å²) in [6, 6.07) is 3.42. The van der Waals surface area contributed by atoms with Crippen LogP contribution < -0.4 is 0 Å². The maximum absolute atomic E-state index is 12.6. The molecule has 0 bridgehead atoms. The maximum atomic E-state index is 12.6. The van der Waals surface area contributed by atoms with E-state index in [1.807, 2.05) is 0 Å². The van der Waals surface area contributed by atoms with E-state index in [1.54, 1.807) is 13.8 Å². The highest BCUT2D eigenvalue weighted by atomic mass is 19.4. The second kappa shape index (κ2) is 3.98. The zero-order valence-corrected chi connectivity index (χ0v) is 10.2. The van der Waals surface area contributed by atoms with Crippen molar-refractivity contribution in [1.82, 2.24) is 9.97 Å². The number of halogens is 3. The Bertz CT molecular complexity index is 572. The number of nitrogens with one attached hydrogen (secondary N) is 1. The Morgan fingerprint density at radius 2 is 1.89 bits per heavy atom. The first-order valence-corrected chi connectivity index (χ1v) is 5.36. The van der Waals surface area contributed by atoms with Crippen LogP contribution in [0, 0.1) is 0 Å². The average molecular weight is 258 g/mol. The number of ether oxygens (including phenoxy) is 1. The van der Waals surface area contributed by atoms with Crippen molar-refractivity contribution >= 4 is 11.0 Å². The number of hydrogen-bond donors (Lipinski definition) is 1. The molecule has 18 heavy (non-hydrogen) atoms. The molecule has 1 N–H and O–H groups in total. The van der Waals surface area contributed by atoms with Gasteiger partial charge in [-0.2, -0.15) is 13.2 Å². The van der Waals surface area contributed by atoms with Gasteiger partial charge in [0.05, 0.1) is 16.6 Å². The molecule has 0 spiro atoms. The predicted octanol–water partition coefficient (Wildman–Crippen LogP) is 3.46. The molecular weight excluding hydrogens is 245 g/mol. The molecule has 1 aromatic carbocycles. The Morgan fingerprint density at radius 1 is 1.22 bits per heavy atom. The van der Waals surface area contributed by atoms with Crippen LogP contribution in [0.3, 0.4) is 0 Å². The van der Waals surface area contributed by atoms with Gasteiger partial charge in [-0.3, -0.25) is 0 Å². The molecule has 1 aromatic heterocycles. The number of nitrogens with zero attached hydrogens (tertiary/aromatic N) is 1. The SMILES string of the molecule is COC(C)(C)c1nc2ccc(C(F)(F)F)cc2[nH]1. The van der Waals surface area contributed by atoms with Gasteiger partial charge in [0.2, 0.25) is 0 Å². The zero-order chi connectivity index (χ0) is 13.6. The largest absolute Gasteiger partial charge is 0.416 e. The number of benzene rings is 1. The zero-order valence-electron chi connectivity index (χ0n) is 10.2. The van der Waals surface area contributed by atoms with Crippen LogP contribution in [-0.4, -0.2) is 17.1 Å². The van der Waals surface area contributed by atoms with Crippen LogP contribution in [0.25, 0.3) is 11.0 Å². The number of aromatic amines is 1. The fraction of sp³-hybridized carbons (Fsp3) is 0.417. The van der Waals surface area contributed by atoms with E-state index < -0.39 is 17.3 Å². The molecule has 0 aliphatic carbocycles. The molecule has 0 radical (unpaired) electrons. The summed E-state index contributed by atoms with van der Waals surface area (Å²) in [6.07, 6.45) is -4.35. The van der Waals surface area contributed by atoms with Crippen LogP contribution in [0.15, 0.2) is 18.2 Å². The van der Waals surface area contributed by atoms with E-state index in [4.69, 9.17) is 4.74 Å². The van der Waals surface area contributed by atoms with Crippen molar-refractivity contribution in [2.45, 2.75) is 25.6 Å². The lowest BCUT2D eigenvalue weighted by atomic mass is 10.1. The standard InChI is InChI=1S/C12H13F3N2O/c1-11(2,18-3)10-16-8-5-4-7(12(13,14)15)6-9(8)17-10/h4-6H,1-3H3,(H,16,17).